The van der Waals surface area contributed by atoms with Crippen molar-refractivity contribution in [3.8, 4) is 0 Å². The Bertz CT molecular complexity index is 429. The van der Waals surface area contributed by atoms with Crippen LogP contribution in [-0.4, -0.2) is 73.6 Å². The number of hydrogen-bond donors (Lipinski definition) is 0. The molecule has 0 saturated carbocycles. The van der Waals surface area contributed by atoms with Crippen LogP contribution in [0.3, 0.4) is 0 Å². The summed E-state index contributed by atoms with van der Waals surface area (Å²) < 4.78 is 16.4. The minimum atomic E-state index is -0.568. The van der Waals surface area contributed by atoms with Gasteiger partial charge in [-0.15, -0.1) is 0 Å². The third-order valence-electron chi connectivity index (χ3n) is 3.92. The molecule has 2 aliphatic heterocycles. The second-order valence-electron chi connectivity index (χ2n) is 7.19. The maximum Gasteiger partial charge on any atom is 0.410 e. The van der Waals surface area contributed by atoms with Crippen LogP contribution in [0.4, 0.5) is 4.79 Å². The molecule has 7 heteroatoms. The molecule has 2 fully saturated rings. The van der Waals surface area contributed by atoms with Gasteiger partial charge in [0, 0.05) is 26.1 Å². The summed E-state index contributed by atoms with van der Waals surface area (Å²) in [4.78, 5) is 27.5. The second kappa shape index (κ2) is 7.49. The Hall–Kier alpha value is -1.34. The predicted octanol–water partition coefficient (Wildman–Crippen LogP) is 1.46. The number of ether oxygens (including phenoxy) is 3. The first-order chi connectivity index (χ1) is 10.8. The molecule has 1 atom stereocenters. The summed E-state index contributed by atoms with van der Waals surface area (Å²) in [6.07, 6.45) is 1.24. The van der Waals surface area contributed by atoms with Crippen LogP contribution in [0.25, 0.3) is 0 Å². The van der Waals surface area contributed by atoms with Crippen LogP contribution in [0.5, 0.6) is 0 Å². The SMILES string of the molecule is CN(CC(=O)N1CCCC(C2OCCO2)C1)C(=O)OC(C)(C)C. The Labute approximate surface area is 137 Å². The fourth-order valence-corrected chi connectivity index (χ4v) is 2.81. The van der Waals surface area contributed by atoms with Crippen LogP contribution in [0.15, 0.2) is 0 Å². The minimum Gasteiger partial charge on any atom is -0.444 e. The minimum absolute atomic E-state index is 0.0218. The van der Waals surface area contributed by atoms with E-state index in [-0.39, 0.29) is 24.7 Å². The highest BCUT2D eigenvalue weighted by atomic mass is 16.7. The van der Waals surface area contributed by atoms with Crippen molar-refractivity contribution in [2.75, 3.05) is 39.9 Å². The maximum absolute atomic E-state index is 12.4. The highest BCUT2D eigenvalue weighted by Crippen LogP contribution is 2.25. The first kappa shape index (κ1) is 18.0. The number of likely N-dealkylation sites (tertiary alicyclic amines) is 1. The summed E-state index contributed by atoms with van der Waals surface area (Å²) in [5.41, 5.74) is -0.568. The van der Waals surface area contributed by atoms with Gasteiger partial charge in [-0.25, -0.2) is 4.79 Å². The van der Waals surface area contributed by atoms with E-state index in [4.69, 9.17) is 14.2 Å². The first-order valence-corrected chi connectivity index (χ1v) is 8.21. The van der Waals surface area contributed by atoms with Gasteiger partial charge in [0.1, 0.15) is 12.1 Å². The third-order valence-corrected chi connectivity index (χ3v) is 3.92. The van der Waals surface area contributed by atoms with E-state index >= 15 is 0 Å². The standard InChI is InChI=1S/C16H28N2O5/c1-16(2,3)23-15(20)17(4)11-13(19)18-7-5-6-12(10-18)14-21-8-9-22-14/h12,14H,5-11H2,1-4H3. The van der Waals surface area contributed by atoms with Gasteiger partial charge in [-0.2, -0.15) is 0 Å². The number of amides is 2. The van der Waals surface area contributed by atoms with Gasteiger partial charge in [-0.05, 0) is 33.6 Å². The van der Waals surface area contributed by atoms with Crippen molar-refractivity contribution in [2.45, 2.75) is 45.5 Å². The lowest BCUT2D eigenvalue weighted by atomic mass is 9.97. The Balaban J connectivity index is 1.83. The topological polar surface area (TPSA) is 68.3 Å². The van der Waals surface area contributed by atoms with Crippen molar-refractivity contribution < 1.29 is 23.8 Å². The summed E-state index contributed by atoms with van der Waals surface area (Å²) in [7, 11) is 1.58. The van der Waals surface area contributed by atoms with E-state index in [1.165, 1.54) is 4.90 Å². The lowest BCUT2D eigenvalue weighted by molar-refractivity contribution is -0.140. The fraction of sp³-hybridized carbons (Fsp3) is 0.875. The number of piperidine rings is 1. The zero-order valence-electron chi connectivity index (χ0n) is 14.5. The van der Waals surface area contributed by atoms with Crippen LogP contribution in [0, 0.1) is 5.92 Å². The summed E-state index contributed by atoms with van der Waals surface area (Å²) in [6.45, 7) is 8.00. The average Bonchev–Trinajstić information content (AvgIpc) is 2.99. The molecule has 1 unspecified atom stereocenters. The molecule has 0 aliphatic carbocycles. The summed E-state index contributed by atoms with van der Waals surface area (Å²) in [6, 6.07) is 0. The van der Waals surface area contributed by atoms with Gasteiger partial charge in [-0.3, -0.25) is 4.79 Å². The van der Waals surface area contributed by atoms with Gasteiger partial charge in [0.2, 0.25) is 5.91 Å². The van der Waals surface area contributed by atoms with E-state index < -0.39 is 11.7 Å². The number of hydrogen-bond acceptors (Lipinski definition) is 5. The van der Waals surface area contributed by atoms with Gasteiger partial charge in [-0.1, -0.05) is 0 Å². The zero-order chi connectivity index (χ0) is 17.0. The van der Waals surface area contributed by atoms with Crippen molar-refractivity contribution in [1.29, 1.82) is 0 Å². The molecule has 2 rings (SSSR count). The van der Waals surface area contributed by atoms with E-state index in [2.05, 4.69) is 0 Å². The molecule has 0 aromatic heterocycles. The Kier molecular flexibility index (Phi) is 5.86. The van der Waals surface area contributed by atoms with Crippen molar-refractivity contribution in [3.63, 3.8) is 0 Å². The molecule has 7 nitrogen and oxygen atoms in total. The van der Waals surface area contributed by atoms with Crippen molar-refractivity contribution in [3.05, 3.63) is 0 Å². The molecule has 0 radical (unpaired) electrons. The van der Waals surface area contributed by atoms with Crippen molar-refractivity contribution in [2.24, 2.45) is 5.92 Å². The Morgan fingerprint density at radius 3 is 2.52 bits per heavy atom. The number of carbonyl (C=O) groups is 2. The van der Waals surface area contributed by atoms with Crippen LogP contribution in [0.1, 0.15) is 33.6 Å². The second-order valence-corrected chi connectivity index (χ2v) is 7.19. The van der Waals surface area contributed by atoms with Gasteiger partial charge >= 0.3 is 6.09 Å². The number of rotatable bonds is 3. The Morgan fingerprint density at radius 2 is 1.91 bits per heavy atom. The van der Waals surface area contributed by atoms with Gasteiger partial charge in [0.15, 0.2) is 6.29 Å². The zero-order valence-corrected chi connectivity index (χ0v) is 14.5. The molecule has 2 saturated heterocycles. The number of likely N-dealkylation sites (N-methyl/N-ethyl adjacent to an activating group) is 1. The van der Waals surface area contributed by atoms with E-state index in [1.807, 2.05) is 0 Å². The molecule has 2 amide bonds. The molecular weight excluding hydrogens is 300 g/mol. The van der Waals surface area contributed by atoms with Crippen molar-refractivity contribution >= 4 is 12.0 Å². The molecule has 23 heavy (non-hydrogen) atoms. The highest BCUT2D eigenvalue weighted by molar-refractivity contribution is 5.82. The lowest BCUT2D eigenvalue weighted by Crippen LogP contribution is -2.48. The van der Waals surface area contributed by atoms with Gasteiger partial charge < -0.3 is 24.0 Å². The lowest BCUT2D eigenvalue weighted by Gasteiger charge is -2.35. The molecule has 0 spiro atoms. The Morgan fingerprint density at radius 1 is 1.26 bits per heavy atom. The first-order valence-electron chi connectivity index (χ1n) is 8.21. The molecule has 132 valence electrons. The normalized spacial score (nSPS) is 23.0. The summed E-state index contributed by atoms with van der Waals surface area (Å²) in [5.74, 6) is 0.142. The van der Waals surface area contributed by atoms with E-state index in [0.717, 1.165) is 12.8 Å². The summed E-state index contributed by atoms with van der Waals surface area (Å²) >= 11 is 0. The number of nitrogens with zero attached hydrogens (tertiary/aromatic N) is 2. The van der Waals surface area contributed by atoms with Crippen LogP contribution in [0.2, 0.25) is 0 Å². The molecule has 0 N–H and O–H groups in total. The average molecular weight is 328 g/mol. The van der Waals surface area contributed by atoms with Gasteiger partial charge in [0.25, 0.3) is 0 Å². The largest absolute Gasteiger partial charge is 0.444 e. The number of carbonyl (C=O) groups excluding carboxylic acids is 2. The van der Waals surface area contributed by atoms with Crippen molar-refractivity contribution in [1.82, 2.24) is 9.80 Å². The molecular formula is C16H28N2O5. The monoisotopic (exact) mass is 328 g/mol. The smallest absolute Gasteiger partial charge is 0.410 e. The van der Waals surface area contributed by atoms with E-state index in [1.54, 1.807) is 32.7 Å². The predicted molar refractivity (Wildman–Crippen MR) is 83.9 cm³/mol. The third kappa shape index (κ3) is 5.35. The molecule has 0 aromatic rings. The van der Waals surface area contributed by atoms with E-state index in [9.17, 15) is 9.59 Å². The molecule has 0 aromatic carbocycles. The quantitative estimate of drug-likeness (QED) is 0.785. The molecule has 0 bridgehead atoms. The van der Waals surface area contributed by atoms with E-state index in [0.29, 0.717) is 26.3 Å². The molecule has 2 heterocycles. The highest BCUT2D eigenvalue weighted by Gasteiger charge is 2.33. The fourth-order valence-electron chi connectivity index (χ4n) is 2.81. The van der Waals surface area contributed by atoms with Crippen LogP contribution >= 0.6 is 0 Å². The summed E-state index contributed by atoms with van der Waals surface area (Å²) in [5, 5.41) is 0. The molecule has 2 aliphatic rings. The van der Waals surface area contributed by atoms with Gasteiger partial charge in [0.05, 0.1) is 13.2 Å². The van der Waals surface area contributed by atoms with Crippen LogP contribution in [-0.2, 0) is 19.0 Å². The maximum atomic E-state index is 12.4. The van der Waals surface area contributed by atoms with Crippen LogP contribution < -0.4 is 0 Å².